The summed E-state index contributed by atoms with van der Waals surface area (Å²) < 4.78 is 0. The van der Waals surface area contributed by atoms with Crippen LogP contribution >= 0.6 is 0 Å². The van der Waals surface area contributed by atoms with Crippen LogP contribution in [-0.4, -0.2) is 38.2 Å². The number of nitro groups is 1. The molecule has 0 aliphatic carbocycles. The van der Waals surface area contributed by atoms with E-state index in [1.54, 1.807) is 0 Å². The van der Waals surface area contributed by atoms with Crippen LogP contribution in [0, 0.1) is 17.0 Å². The molecule has 0 heterocycles. The molecule has 21 heavy (non-hydrogen) atoms. The fourth-order valence-electron chi connectivity index (χ4n) is 1.89. The minimum absolute atomic E-state index is 0.307. The molecule has 0 aromatic heterocycles. The third kappa shape index (κ3) is 2.40. The summed E-state index contributed by atoms with van der Waals surface area (Å²) in [6.07, 6.45) is 0. The molecule has 1 aromatic rings. The van der Waals surface area contributed by atoms with E-state index >= 15 is 0 Å². The summed E-state index contributed by atoms with van der Waals surface area (Å²) in [7, 11) is 0. The quantitative estimate of drug-likeness (QED) is 0.413. The first kappa shape index (κ1) is 16.1. The molecule has 0 aliphatic rings. The minimum atomic E-state index is -2.57. The molecule has 9 heteroatoms. The van der Waals surface area contributed by atoms with Crippen molar-refractivity contribution < 1.29 is 34.6 Å². The number of hydrogen-bond donors (Lipinski definition) is 3. The molecular formula is C12H11NO8. The lowest BCUT2D eigenvalue weighted by atomic mass is 9.80. The topological polar surface area (TPSA) is 155 Å². The molecule has 0 spiro atoms. The smallest absolute Gasteiger partial charge is 0.336 e. The van der Waals surface area contributed by atoms with E-state index in [2.05, 4.69) is 0 Å². The number of hydrogen-bond acceptors (Lipinski definition) is 5. The van der Waals surface area contributed by atoms with Crippen LogP contribution < -0.4 is 0 Å². The Hall–Kier alpha value is -2.97. The molecule has 0 saturated carbocycles. The highest BCUT2D eigenvalue weighted by molar-refractivity contribution is 6.05. The third-order valence-electron chi connectivity index (χ3n) is 3.24. The molecule has 0 saturated heterocycles. The first-order valence-electron chi connectivity index (χ1n) is 5.53. The average Bonchev–Trinajstić information content (AvgIpc) is 2.35. The Kier molecular flexibility index (Phi) is 3.98. The van der Waals surface area contributed by atoms with E-state index in [1.807, 2.05) is 0 Å². The third-order valence-corrected chi connectivity index (χ3v) is 3.24. The van der Waals surface area contributed by atoms with Crippen LogP contribution in [0.15, 0.2) is 12.1 Å². The average molecular weight is 297 g/mol. The SMILES string of the molecule is Cc1c(C(=O)O)ccc(C(C)(C(=O)O)C(=O)O)c1[N+](=O)[O-]. The molecule has 0 radical (unpaired) electrons. The van der Waals surface area contributed by atoms with E-state index in [0.717, 1.165) is 26.0 Å². The van der Waals surface area contributed by atoms with Gasteiger partial charge in [-0.3, -0.25) is 19.7 Å². The van der Waals surface area contributed by atoms with Gasteiger partial charge in [-0.25, -0.2) is 4.79 Å². The van der Waals surface area contributed by atoms with Gasteiger partial charge in [0.1, 0.15) is 0 Å². The summed E-state index contributed by atoms with van der Waals surface area (Å²) in [5, 5.41) is 38.3. The highest BCUT2D eigenvalue weighted by atomic mass is 16.6. The van der Waals surface area contributed by atoms with Crippen molar-refractivity contribution in [2.75, 3.05) is 0 Å². The first-order valence-corrected chi connectivity index (χ1v) is 5.53. The van der Waals surface area contributed by atoms with E-state index < -0.39 is 45.1 Å². The van der Waals surface area contributed by atoms with Gasteiger partial charge in [-0.2, -0.15) is 0 Å². The summed E-state index contributed by atoms with van der Waals surface area (Å²) in [5.41, 5.74) is -4.69. The number of carboxylic acid groups (broad SMARTS) is 3. The lowest BCUT2D eigenvalue weighted by Gasteiger charge is -2.21. The Bertz CT molecular complexity index is 649. The van der Waals surface area contributed by atoms with Gasteiger partial charge in [-0.1, -0.05) is 0 Å². The minimum Gasteiger partial charge on any atom is -0.480 e. The molecule has 0 atom stereocenters. The molecule has 9 nitrogen and oxygen atoms in total. The number of carbonyl (C=O) groups is 3. The fraction of sp³-hybridized carbons (Fsp3) is 0.250. The predicted octanol–water partition coefficient (Wildman–Crippen LogP) is 1.03. The van der Waals surface area contributed by atoms with Gasteiger partial charge < -0.3 is 15.3 Å². The zero-order valence-electron chi connectivity index (χ0n) is 11.0. The molecule has 112 valence electrons. The van der Waals surface area contributed by atoms with Crippen LogP contribution in [0.2, 0.25) is 0 Å². The lowest BCUT2D eigenvalue weighted by molar-refractivity contribution is -0.386. The van der Waals surface area contributed by atoms with Crippen molar-refractivity contribution in [2.45, 2.75) is 19.3 Å². The van der Waals surface area contributed by atoms with Crippen LogP contribution in [0.1, 0.15) is 28.4 Å². The highest BCUT2D eigenvalue weighted by Gasteiger charge is 2.48. The van der Waals surface area contributed by atoms with E-state index in [-0.39, 0.29) is 5.56 Å². The summed E-state index contributed by atoms with van der Waals surface area (Å²) >= 11 is 0. The maximum Gasteiger partial charge on any atom is 0.336 e. The van der Waals surface area contributed by atoms with E-state index in [4.69, 9.17) is 15.3 Å². The zero-order chi connectivity index (χ0) is 16.5. The van der Waals surface area contributed by atoms with Gasteiger partial charge in [0.15, 0.2) is 5.41 Å². The monoisotopic (exact) mass is 297 g/mol. The van der Waals surface area contributed by atoms with Crippen molar-refractivity contribution in [3.05, 3.63) is 38.9 Å². The van der Waals surface area contributed by atoms with Crippen LogP contribution in [0.3, 0.4) is 0 Å². The van der Waals surface area contributed by atoms with E-state index in [0.29, 0.717) is 0 Å². The van der Waals surface area contributed by atoms with Gasteiger partial charge in [-0.15, -0.1) is 0 Å². The van der Waals surface area contributed by atoms with Gasteiger partial charge in [0.05, 0.1) is 16.1 Å². The van der Waals surface area contributed by atoms with Crippen molar-refractivity contribution in [2.24, 2.45) is 0 Å². The van der Waals surface area contributed by atoms with E-state index in [9.17, 15) is 24.5 Å². The number of carboxylic acids is 3. The first-order chi connectivity index (χ1) is 9.55. The fourth-order valence-corrected chi connectivity index (χ4v) is 1.89. The molecule has 1 aromatic carbocycles. The Morgan fingerprint density at radius 2 is 1.62 bits per heavy atom. The molecule has 0 fully saturated rings. The van der Waals surface area contributed by atoms with Crippen molar-refractivity contribution in [1.29, 1.82) is 0 Å². The predicted molar refractivity (Wildman–Crippen MR) is 67.4 cm³/mol. The Morgan fingerprint density at radius 1 is 1.14 bits per heavy atom. The maximum atomic E-state index is 11.2. The molecular weight excluding hydrogens is 286 g/mol. The van der Waals surface area contributed by atoms with Gasteiger partial charge in [0.25, 0.3) is 5.69 Å². The van der Waals surface area contributed by atoms with Gasteiger partial charge in [-0.05, 0) is 26.0 Å². The number of nitrogens with zero attached hydrogens (tertiary/aromatic N) is 1. The highest BCUT2D eigenvalue weighted by Crippen LogP contribution is 2.36. The van der Waals surface area contributed by atoms with Gasteiger partial charge in [0, 0.05) is 5.56 Å². The number of aliphatic carboxylic acids is 2. The Balaban J connectivity index is 3.84. The largest absolute Gasteiger partial charge is 0.480 e. The van der Waals surface area contributed by atoms with Crippen molar-refractivity contribution in [3.8, 4) is 0 Å². The number of nitro benzene ring substituents is 1. The maximum absolute atomic E-state index is 11.2. The molecule has 3 N–H and O–H groups in total. The molecule has 1 rings (SSSR count). The number of aromatic carboxylic acids is 1. The molecule has 0 aliphatic heterocycles. The number of benzene rings is 1. The second-order valence-corrected chi connectivity index (χ2v) is 4.43. The molecule has 0 bridgehead atoms. The summed E-state index contributed by atoms with van der Waals surface area (Å²) in [6.45, 7) is 1.93. The van der Waals surface area contributed by atoms with Crippen LogP contribution in [-0.2, 0) is 15.0 Å². The second kappa shape index (κ2) is 5.19. The zero-order valence-corrected chi connectivity index (χ0v) is 11.0. The summed E-state index contributed by atoms with van der Waals surface area (Å²) in [5.74, 6) is -5.02. The van der Waals surface area contributed by atoms with Crippen LogP contribution in [0.4, 0.5) is 5.69 Å². The molecule has 0 amide bonds. The van der Waals surface area contributed by atoms with Crippen LogP contribution in [0.25, 0.3) is 0 Å². The van der Waals surface area contributed by atoms with Gasteiger partial charge >= 0.3 is 17.9 Å². The lowest BCUT2D eigenvalue weighted by Crippen LogP contribution is -2.41. The summed E-state index contributed by atoms with van der Waals surface area (Å²) in [6, 6.07) is 1.79. The van der Waals surface area contributed by atoms with Crippen molar-refractivity contribution >= 4 is 23.6 Å². The Morgan fingerprint density at radius 3 is 1.95 bits per heavy atom. The van der Waals surface area contributed by atoms with Gasteiger partial charge in [0.2, 0.25) is 0 Å². The second-order valence-electron chi connectivity index (χ2n) is 4.43. The molecule has 0 unspecified atom stereocenters. The Labute approximate surface area is 117 Å². The van der Waals surface area contributed by atoms with E-state index in [1.165, 1.54) is 0 Å². The standard InChI is InChI=1S/C12H11NO8/c1-5-6(9(14)15)3-4-7(8(5)13(20)21)12(2,10(16)17)11(18)19/h3-4H,1-2H3,(H,14,15)(H,16,17)(H,18,19). The van der Waals surface area contributed by atoms with Crippen molar-refractivity contribution in [3.63, 3.8) is 0 Å². The van der Waals surface area contributed by atoms with Crippen molar-refractivity contribution in [1.82, 2.24) is 0 Å². The summed E-state index contributed by atoms with van der Waals surface area (Å²) in [4.78, 5) is 43.6. The number of rotatable bonds is 5. The normalized spacial score (nSPS) is 11.0. The van der Waals surface area contributed by atoms with Crippen LogP contribution in [0.5, 0.6) is 0 Å².